The Hall–Kier alpha value is -2.48. The minimum Gasteiger partial charge on any atom is -0.360 e. The van der Waals surface area contributed by atoms with E-state index in [1.54, 1.807) is 12.1 Å². The second-order valence-electron chi connectivity index (χ2n) is 5.27. The second-order valence-corrected chi connectivity index (χ2v) is 5.27. The molecule has 0 saturated carbocycles. The summed E-state index contributed by atoms with van der Waals surface area (Å²) in [4.78, 5) is 35.7. The number of carbonyl (C=O) groups excluding carboxylic acids is 2. The summed E-state index contributed by atoms with van der Waals surface area (Å²) in [5, 5.41) is 13.0. The van der Waals surface area contributed by atoms with Crippen LogP contribution < -0.4 is 16.0 Å². The van der Waals surface area contributed by atoms with Crippen LogP contribution in [0.25, 0.3) is 0 Å². The zero-order chi connectivity index (χ0) is 16.3. The lowest BCUT2D eigenvalue weighted by Gasteiger charge is -2.25. The number of nitrogens with one attached hydrogen (secondary N) is 1. The van der Waals surface area contributed by atoms with E-state index in [-0.39, 0.29) is 5.69 Å². The van der Waals surface area contributed by atoms with Crippen LogP contribution in [0, 0.1) is 10.1 Å². The number of hydrogen-bond acceptors (Lipinski definition) is 6. The van der Waals surface area contributed by atoms with Crippen molar-refractivity contribution < 1.29 is 14.5 Å². The Morgan fingerprint density at radius 2 is 2.05 bits per heavy atom. The van der Waals surface area contributed by atoms with Crippen LogP contribution in [0.4, 0.5) is 11.4 Å². The Bertz CT molecular complexity index is 585. The van der Waals surface area contributed by atoms with Gasteiger partial charge < -0.3 is 10.6 Å². The number of amides is 2. The number of nitro benzene ring substituents is 1. The molecule has 8 nitrogen and oxygen atoms in total. The van der Waals surface area contributed by atoms with Crippen LogP contribution in [0.15, 0.2) is 24.3 Å². The van der Waals surface area contributed by atoms with Gasteiger partial charge in [0.05, 0.1) is 11.0 Å². The van der Waals surface area contributed by atoms with E-state index in [0.29, 0.717) is 13.0 Å². The summed E-state index contributed by atoms with van der Waals surface area (Å²) in [7, 11) is 0. The van der Waals surface area contributed by atoms with Crippen LogP contribution in [0.2, 0.25) is 0 Å². The fourth-order valence-electron chi connectivity index (χ4n) is 2.43. The van der Waals surface area contributed by atoms with Crippen LogP contribution in [0.1, 0.15) is 19.8 Å². The molecule has 22 heavy (non-hydrogen) atoms. The van der Waals surface area contributed by atoms with Gasteiger partial charge in [-0.3, -0.25) is 25.0 Å². The summed E-state index contributed by atoms with van der Waals surface area (Å²) >= 11 is 0. The molecule has 3 N–H and O–H groups in total. The molecule has 0 aromatic heterocycles. The lowest BCUT2D eigenvalue weighted by Crippen LogP contribution is -2.49. The van der Waals surface area contributed by atoms with Gasteiger partial charge in [0, 0.05) is 24.4 Å². The van der Waals surface area contributed by atoms with E-state index in [1.165, 1.54) is 19.1 Å². The van der Waals surface area contributed by atoms with Gasteiger partial charge >= 0.3 is 0 Å². The molecular weight excluding hydrogens is 288 g/mol. The van der Waals surface area contributed by atoms with Gasteiger partial charge in [0.15, 0.2) is 0 Å². The molecule has 0 spiro atoms. The zero-order valence-electron chi connectivity index (χ0n) is 12.2. The number of rotatable bonds is 4. The first kappa shape index (κ1) is 15.9. The summed E-state index contributed by atoms with van der Waals surface area (Å²) in [6.07, 6.45) is 1.43. The van der Waals surface area contributed by atoms with Gasteiger partial charge in [-0.15, -0.1) is 0 Å². The van der Waals surface area contributed by atoms with Crippen molar-refractivity contribution >= 4 is 23.2 Å². The Morgan fingerprint density at radius 3 is 2.59 bits per heavy atom. The van der Waals surface area contributed by atoms with Crippen molar-refractivity contribution in [1.29, 1.82) is 0 Å². The highest BCUT2D eigenvalue weighted by Crippen LogP contribution is 2.27. The summed E-state index contributed by atoms with van der Waals surface area (Å²) < 4.78 is 0. The Kier molecular flexibility index (Phi) is 4.71. The first-order chi connectivity index (χ1) is 10.4. The first-order valence-electron chi connectivity index (χ1n) is 7.01. The van der Waals surface area contributed by atoms with E-state index in [2.05, 4.69) is 5.32 Å². The van der Waals surface area contributed by atoms with Gasteiger partial charge in [-0.2, -0.15) is 0 Å². The Labute approximate surface area is 127 Å². The highest BCUT2D eigenvalue weighted by molar-refractivity contribution is 6.01. The first-order valence-corrected chi connectivity index (χ1v) is 7.01. The lowest BCUT2D eigenvalue weighted by molar-refractivity contribution is -0.384. The van der Waals surface area contributed by atoms with Crippen molar-refractivity contribution in [2.75, 3.05) is 11.4 Å². The van der Waals surface area contributed by atoms with E-state index in [4.69, 9.17) is 5.73 Å². The number of non-ortho nitro benzene ring substituents is 1. The van der Waals surface area contributed by atoms with E-state index in [1.807, 2.05) is 4.90 Å². The zero-order valence-corrected chi connectivity index (χ0v) is 12.2. The average molecular weight is 306 g/mol. The Morgan fingerprint density at radius 1 is 1.41 bits per heavy atom. The highest BCUT2D eigenvalue weighted by atomic mass is 16.6. The van der Waals surface area contributed by atoms with Gasteiger partial charge in [0.2, 0.25) is 11.8 Å². The average Bonchev–Trinajstić information content (AvgIpc) is 2.96. The molecule has 1 aliphatic heterocycles. The maximum absolute atomic E-state index is 12.2. The third-order valence-corrected chi connectivity index (χ3v) is 3.61. The van der Waals surface area contributed by atoms with Crippen molar-refractivity contribution in [1.82, 2.24) is 5.32 Å². The molecule has 1 aromatic rings. The van der Waals surface area contributed by atoms with Gasteiger partial charge in [0.1, 0.15) is 6.04 Å². The Balaban J connectivity index is 2.11. The molecule has 2 amide bonds. The van der Waals surface area contributed by atoms with Crippen molar-refractivity contribution in [2.45, 2.75) is 31.8 Å². The van der Waals surface area contributed by atoms with E-state index in [0.717, 1.165) is 12.1 Å². The number of nitrogens with two attached hydrogens (primary N) is 1. The summed E-state index contributed by atoms with van der Waals surface area (Å²) in [6, 6.07) is 4.79. The molecule has 8 heteroatoms. The quantitative estimate of drug-likeness (QED) is 0.619. The fraction of sp³-hybridized carbons (Fsp3) is 0.429. The second kappa shape index (κ2) is 6.52. The van der Waals surface area contributed by atoms with Crippen molar-refractivity contribution in [2.24, 2.45) is 5.73 Å². The maximum atomic E-state index is 12.2. The molecule has 1 saturated heterocycles. The summed E-state index contributed by atoms with van der Waals surface area (Å²) in [6.45, 7) is 2.16. The molecule has 0 aliphatic carbocycles. The molecule has 2 atom stereocenters. The molecule has 0 bridgehead atoms. The normalized spacial score (nSPS) is 18.8. The summed E-state index contributed by atoms with van der Waals surface area (Å²) in [5.74, 6) is -0.904. The lowest BCUT2D eigenvalue weighted by atomic mass is 10.2. The van der Waals surface area contributed by atoms with Crippen molar-refractivity contribution in [3.05, 3.63) is 34.4 Å². The molecule has 1 aromatic carbocycles. The van der Waals surface area contributed by atoms with E-state index >= 15 is 0 Å². The third kappa shape index (κ3) is 3.40. The van der Waals surface area contributed by atoms with Gasteiger partial charge in [-0.25, -0.2) is 0 Å². The maximum Gasteiger partial charge on any atom is 0.269 e. The van der Waals surface area contributed by atoms with E-state index < -0.39 is 28.8 Å². The molecule has 1 heterocycles. The largest absolute Gasteiger partial charge is 0.360 e. The number of nitro groups is 1. The van der Waals surface area contributed by atoms with Gasteiger partial charge in [-0.1, -0.05) is 0 Å². The van der Waals surface area contributed by atoms with Crippen LogP contribution in [-0.4, -0.2) is 35.4 Å². The molecule has 1 aliphatic rings. The van der Waals surface area contributed by atoms with Gasteiger partial charge in [0.25, 0.3) is 5.69 Å². The topological polar surface area (TPSA) is 119 Å². The number of carbonyl (C=O) groups is 2. The third-order valence-electron chi connectivity index (χ3n) is 3.61. The molecule has 1 fully saturated rings. The van der Waals surface area contributed by atoms with Crippen LogP contribution in [0.3, 0.4) is 0 Å². The standard InChI is InChI=1S/C14H18N4O4/c1-9(15)13(19)16-14(20)12-3-2-8-17(12)10-4-6-11(7-5-10)18(21)22/h4-7,9,12H,2-3,8,15H2,1H3,(H,16,19,20). The predicted molar refractivity (Wildman–Crippen MR) is 80.3 cm³/mol. The molecule has 0 radical (unpaired) electrons. The molecule has 2 unspecified atom stereocenters. The number of benzene rings is 1. The van der Waals surface area contributed by atoms with Crippen molar-refractivity contribution in [3.63, 3.8) is 0 Å². The number of nitrogens with zero attached hydrogens (tertiary/aromatic N) is 2. The number of hydrogen-bond donors (Lipinski definition) is 2. The SMILES string of the molecule is CC(N)C(=O)NC(=O)C1CCCN1c1ccc([N+](=O)[O-])cc1. The van der Waals surface area contributed by atoms with Crippen molar-refractivity contribution in [3.8, 4) is 0 Å². The highest BCUT2D eigenvalue weighted by Gasteiger charge is 2.32. The monoisotopic (exact) mass is 306 g/mol. The molecule has 2 rings (SSSR count). The van der Waals surface area contributed by atoms with Gasteiger partial charge in [-0.05, 0) is 31.9 Å². The fourth-order valence-corrected chi connectivity index (χ4v) is 2.43. The van der Waals surface area contributed by atoms with Crippen LogP contribution in [0.5, 0.6) is 0 Å². The molecule has 118 valence electrons. The van der Waals surface area contributed by atoms with Crippen LogP contribution in [-0.2, 0) is 9.59 Å². The van der Waals surface area contributed by atoms with Crippen LogP contribution >= 0.6 is 0 Å². The van der Waals surface area contributed by atoms with E-state index in [9.17, 15) is 19.7 Å². The minimum atomic E-state index is -0.752. The number of imide groups is 1. The summed E-state index contributed by atoms with van der Waals surface area (Å²) in [5.41, 5.74) is 6.15. The smallest absolute Gasteiger partial charge is 0.269 e. The molecular formula is C14H18N4O4. The predicted octanol–water partition coefficient (Wildman–Crippen LogP) is 0.554. The number of anilines is 1. The minimum absolute atomic E-state index is 0.00363.